The van der Waals surface area contributed by atoms with Crippen LogP contribution in [0, 0.1) is 5.92 Å². The van der Waals surface area contributed by atoms with Crippen molar-refractivity contribution in [3.63, 3.8) is 0 Å². The Bertz CT molecular complexity index is 383. The summed E-state index contributed by atoms with van der Waals surface area (Å²) in [5.41, 5.74) is 0. The van der Waals surface area contributed by atoms with Gasteiger partial charge in [0.2, 0.25) is 11.9 Å². The summed E-state index contributed by atoms with van der Waals surface area (Å²) < 4.78 is 5.37. The van der Waals surface area contributed by atoms with E-state index in [1.807, 2.05) is 6.92 Å². The molecule has 0 amide bonds. The highest BCUT2D eigenvalue weighted by Gasteiger charge is 2.11. The number of rotatable bonds is 8. The van der Waals surface area contributed by atoms with Crippen LogP contribution in [0.4, 0.5) is 11.9 Å². The Morgan fingerprint density at radius 2 is 1.74 bits per heavy atom. The van der Waals surface area contributed by atoms with Gasteiger partial charge in [0.1, 0.15) is 0 Å². The summed E-state index contributed by atoms with van der Waals surface area (Å²) in [6.07, 6.45) is 1.01. The molecule has 6 heteroatoms. The first-order chi connectivity index (χ1) is 9.06. The van der Waals surface area contributed by atoms with E-state index in [2.05, 4.69) is 53.3 Å². The fraction of sp³-hybridized carbons (Fsp3) is 0.769. The van der Waals surface area contributed by atoms with Gasteiger partial charge >= 0.3 is 6.01 Å². The second-order valence-corrected chi connectivity index (χ2v) is 4.80. The fourth-order valence-corrected chi connectivity index (χ4v) is 1.30. The summed E-state index contributed by atoms with van der Waals surface area (Å²) in [6.45, 7) is 11.8. The van der Waals surface area contributed by atoms with Crippen molar-refractivity contribution in [3.8, 4) is 6.01 Å². The van der Waals surface area contributed by atoms with Crippen molar-refractivity contribution in [2.24, 2.45) is 5.92 Å². The van der Waals surface area contributed by atoms with Crippen LogP contribution in [0.2, 0.25) is 0 Å². The molecule has 1 unspecified atom stereocenters. The molecule has 0 saturated carbocycles. The predicted octanol–water partition coefficient (Wildman–Crippen LogP) is 2.55. The van der Waals surface area contributed by atoms with Crippen molar-refractivity contribution < 1.29 is 4.74 Å². The van der Waals surface area contributed by atoms with Crippen LogP contribution in [-0.2, 0) is 0 Å². The predicted molar refractivity (Wildman–Crippen MR) is 77.7 cm³/mol. The lowest BCUT2D eigenvalue weighted by Crippen LogP contribution is -2.23. The van der Waals surface area contributed by atoms with Crippen LogP contribution in [0.5, 0.6) is 6.01 Å². The maximum atomic E-state index is 5.37. The lowest BCUT2D eigenvalue weighted by Gasteiger charge is -2.18. The molecule has 0 aliphatic carbocycles. The number of hydrogen-bond acceptors (Lipinski definition) is 6. The zero-order valence-corrected chi connectivity index (χ0v) is 12.5. The zero-order chi connectivity index (χ0) is 14.3. The summed E-state index contributed by atoms with van der Waals surface area (Å²) in [5.74, 6) is 1.61. The summed E-state index contributed by atoms with van der Waals surface area (Å²) in [4.78, 5) is 12.8. The van der Waals surface area contributed by atoms with E-state index in [4.69, 9.17) is 4.74 Å². The van der Waals surface area contributed by atoms with E-state index in [0.717, 1.165) is 13.0 Å². The van der Waals surface area contributed by atoms with Crippen LogP contribution in [0.25, 0.3) is 0 Å². The average molecular weight is 267 g/mol. The van der Waals surface area contributed by atoms with Crippen molar-refractivity contribution in [3.05, 3.63) is 0 Å². The van der Waals surface area contributed by atoms with Crippen LogP contribution < -0.4 is 15.4 Å². The van der Waals surface area contributed by atoms with Crippen LogP contribution in [0.15, 0.2) is 0 Å². The molecule has 2 N–H and O–H groups in total. The minimum absolute atomic E-state index is 0.288. The summed E-state index contributed by atoms with van der Waals surface area (Å²) in [7, 11) is 0. The van der Waals surface area contributed by atoms with Gasteiger partial charge in [-0.05, 0) is 26.2 Å². The molecular weight excluding hydrogens is 242 g/mol. The lowest BCUT2D eigenvalue weighted by atomic mass is 10.1. The zero-order valence-electron chi connectivity index (χ0n) is 12.5. The maximum Gasteiger partial charge on any atom is 0.323 e. The molecule has 1 heterocycles. The number of nitrogens with zero attached hydrogens (tertiary/aromatic N) is 3. The van der Waals surface area contributed by atoms with Crippen LogP contribution >= 0.6 is 0 Å². The second kappa shape index (κ2) is 7.76. The highest BCUT2D eigenvalue weighted by Crippen LogP contribution is 2.14. The van der Waals surface area contributed by atoms with E-state index in [1.165, 1.54) is 0 Å². The van der Waals surface area contributed by atoms with Gasteiger partial charge in [0.15, 0.2) is 0 Å². The van der Waals surface area contributed by atoms with Crippen molar-refractivity contribution in [2.45, 2.75) is 47.1 Å². The molecule has 0 spiro atoms. The molecule has 1 rings (SSSR count). The van der Waals surface area contributed by atoms with Crippen molar-refractivity contribution >= 4 is 11.9 Å². The molecule has 0 bridgehead atoms. The van der Waals surface area contributed by atoms with Gasteiger partial charge in [-0.1, -0.05) is 20.8 Å². The SMILES string of the molecule is CCCNc1nc(NC(C)C(C)C)nc(OCC)n1. The van der Waals surface area contributed by atoms with E-state index >= 15 is 0 Å². The minimum Gasteiger partial charge on any atom is -0.464 e. The molecule has 108 valence electrons. The first kappa shape index (κ1) is 15.5. The van der Waals surface area contributed by atoms with Crippen LogP contribution in [0.1, 0.15) is 41.0 Å². The molecule has 19 heavy (non-hydrogen) atoms. The number of anilines is 2. The molecule has 0 aromatic carbocycles. The Morgan fingerprint density at radius 1 is 1.05 bits per heavy atom. The minimum atomic E-state index is 0.288. The molecule has 1 atom stereocenters. The van der Waals surface area contributed by atoms with Gasteiger partial charge in [0.05, 0.1) is 6.61 Å². The normalized spacial score (nSPS) is 12.3. The molecule has 0 aliphatic rings. The smallest absolute Gasteiger partial charge is 0.323 e. The van der Waals surface area contributed by atoms with Crippen LogP contribution in [0.3, 0.4) is 0 Å². The number of ether oxygens (including phenoxy) is 1. The summed E-state index contributed by atoms with van der Waals surface area (Å²) >= 11 is 0. The highest BCUT2D eigenvalue weighted by molar-refractivity contribution is 5.36. The summed E-state index contributed by atoms with van der Waals surface area (Å²) in [6, 6.07) is 0.644. The molecule has 1 aromatic rings. The van der Waals surface area contributed by atoms with Gasteiger partial charge in [-0.2, -0.15) is 15.0 Å². The Hall–Kier alpha value is -1.59. The molecule has 1 aromatic heterocycles. The van der Waals surface area contributed by atoms with E-state index in [9.17, 15) is 0 Å². The van der Waals surface area contributed by atoms with Crippen molar-refractivity contribution in [1.29, 1.82) is 0 Å². The van der Waals surface area contributed by atoms with Gasteiger partial charge in [-0.25, -0.2) is 0 Å². The Kier molecular flexibility index (Phi) is 6.32. The van der Waals surface area contributed by atoms with E-state index in [1.54, 1.807) is 0 Å². The highest BCUT2D eigenvalue weighted by atomic mass is 16.5. The number of hydrogen-bond donors (Lipinski definition) is 2. The number of nitrogens with one attached hydrogen (secondary N) is 2. The third-order valence-corrected chi connectivity index (χ3v) is 2.78. The first-order valence-corrected chi connectivity index (χ1v) is 6.96. The lowest BCUT2D eigenvalue weighted by molar-refractivity contribution is 0.312. The molecule has 0 fully saturated rings. The monoisotopic (exact) mass is 267 g/mol. The molecule has 0 saturated heterocycles. The van der Waals surface area contributed by atoms with Gasteiger partial charge in [0, 0.05) is 12.6 Å². The van der Waals surface area contributed by atoms with E-state index in [-0.39, 0.29) is 6.04 Å². The molecule has 0 aliphatic heterocycles. The Balaban J connectivity index is 2.85. The van der Waals surface area contributed by atoms with Gasteiger partial charge in [-0.3, -0.25) is 0 Å². The van der Waals surface area contributed by atoms with Crippen molar-refractivity contribution in [1.82, 2.24) is 15.0 Å². The summed E-state index contributed by atoms with van der Waals surface area (Å²) in [5, 5.41) is 6.43. The van der Waals surface area contributed by atoms with Crippen LogP contribution in [-0.4, -0.2) is 34.1 Å². The third-order valence-electron chi connectivity index (χ3n) is 2.78. The van der Waals surface area contributed by atoms with E-state index < -0.39 is 0 Å². The van der Waals surface area contributed by atoms with Gasteiger partial charge in [0.25, 0.3) is 0 Å². The third kappa shape index (κ3) is 5.28. The van der Waals surface area contributed by atoms with Gasteiger partial charge < -0.3 is 15.4 Å². The molecule has 0 radical (unpaired) electrons. The quantitative estimate of drug-likeness (QED) is 0.754. The average Bonchev–Trinajstić information content (AvgIpc) is 2.36. The molecule has 6 nitrogen and oxygen atoms in total. The molecular formula is C13H25N5O. The van der Waals surface area contributed by atoms with Gasteiger partial charge in [-0.15, -0.1) is 0 Å². The maximum absolute atomic E-state index is 5.37. The second-order valence-electron chi connectivity index (χ2n) is 4.80. The fourth-order valence-electron chi connectivity index (χ4n) is 1.30. The first-order valence-electron chi connectivity index (χ1n) is 6.96. The van der Waals surface area contributed by atoms with E-state index in [0.29, 0.717) is 30.4 Å². The largest absolute Gasteiger partial charge is 0.464 e. The topological polar surface area (TPSA) is 72.0 Å². The Labute approximate surface area is 115 Å². The Morgan fingerprint density at radius 3 is 2.32 bits per heavy atom. The van der Waals surface area contributed by atoms with Crippen molar-refractivity contribution in [2.75, 3.05) is 23.8 Å². The standard InChI is InChI=1S/C13H25N5O/c1-6-8-14-11-16-12(15-10(5)9(3)4)18-13(17-11)19-7-2/h9-10H,6-8H2,1-5H3,(H2,14,15,16,17,18). The number of aromatic nitrogens is 3.